The van der Waals surface area contributed by atoms with Gasteiger partial charge >= 0.3 is 0 Å². The Labute approximate surface area is 191 Å². The van der Waals surface area contributed by atoms with Crippen molar-refractivity contribution in [3.8, 4) is 0 Å². The molecule has 31 heavy (non-hydrogen) atoms. The summed E-state index contributed by atoms with van der Waals surface area (Å²) in [5.74, 6) is 0.0627. The number of halogens is 1. The number of rotatable bonds is 6. The first-order valence-corrected chi connectivity index (χ1v) is 11.5. The molecule has 0 bridgehead atoms. The van der Waals surface area contributed by atoms with Gasteiger partial charge in [-0.05, 0) is 49.9 Å². The van der Waals surface area contributed by atoms with E-state index in [0.29, 0.717) is 32.6 Å². The van der Waals surface area contributed by atoms with Crippen LogP contribution in [0.5, 0.6) is 0 Å². The summed E-state index contributed by atoms with van der Waals surface area (Å²) in [5.41, 5.74) is 4.83. The fraction of sp³-hybridized carbons (Fsp3) is 0.360. The van der Waals surface area contributed by atoms with Crippen molar-refractivity contribution < 1.29 is 9.53 Å². The minimum Gasteiger partial charge on any atom is -0.381 e. The second kappa shape index (κ2) is 9.37. The van der Waals surface area contributed by atoms with Crippen molar-refractivity contribution >= 4 is 21.8 Å². The molecule has 0 aliphatic carbocycles. The molecule has 0 atom stereocenters. The smallest absolute Gasteiger partial charge is 0.231 e. The maximum absolute atomic E-state index is 13.5. The van der Waals surface area contributed by atoms with Gasteiger partial charge in [-0.15, -0.1) is 0 Å². The summed E-state index contributed by atoms with van der Waals surface area (Å²) >= 11 is 3.49. The molecule has 1 N–H and O–H groups in total. The highest BCUT2D eigenvalue weighted by molar-refractivity contribution is 9.10. The monoisotopic (exact) mass is 481 g/mol. The first kappa shape index (κ1) is 21.8. The van der Waals surface area contributed by atoms with Crippen molar-refractivity contribution in [2.24, 2.45) is 0 Å². The Balaban J connectivity index is 1.52. The number of benzene rings is 2. The van der Waals surface area contributed by atoms with Crippen LogP contribution in [0.15, 0.2) is 59.1 Å². The van der Waals surface area contributed by atoms with Gasteiger partial charge in [0.25, 0.3) is 0 Å². The van der Waals surface area contributed by atoms with Crippen molar-refractivity contribution in [3.05, 3.63) is 87.1 Å². The first-order chi connectivity index (χ1) is 15.0. The van der Waals surface area contributed by atoms with Gasteiger partial charge in [0.2, 0.25) is 5.91 Å². The number of carbonyl (C=O) groups excluding carboxylic acids is 1. The van der Waals surface area contributed by atoms with Gasteiger partial charge in [0.15, 0.2) is 0 Å². The molecule has 4 rings (SSSR count). The van der Waals surface area contributed by atoms with E-state index >= 15 is 0 Å². The van der Waals surface area contributed by atoms with Gasteiger partial charge in [-0.1, -0.05) is 58.4 Å². The number of aryl methyl sites for hydroxylation is 1. The lowest BCUT2D eigenvalue weighted by Gasteiger charge is -2.36. The predicted octanol–water partition coefficient (Wildman–Crippen LogP) is 4.68. The van der Waals surface area contributed by atoms with Crippen molar-refractivity contribution in [1.29, 1.82) is 0 Å². The van der Waals surface area contributed by atoms with Crippen molar-refractivity contribution in [3.63, 3.8) is 0 Å². The maximum Gasteiger partial charge on any atom is 0.231 e. The number of carbonyl (C=O) groups is 1. The molecule has 1 aliphatic rings. The molecule has 5 nitrogen and oxygen atoms in total. The number of hydrogen-bond donors (Lipinski definition) is 1. The molecule has 2 aromatic carbocycles. The Bertz CT molecular complexity index is 1040. The quantitative estimate of drug-likeness (QED) is 0.556. The predicted molar refractivity (Wildman–Crippen MR) is 125 cm³/mol. The fourth-order valence-electron chi connectivity index (χ4n) is 4.37. The molecule has 6 heteroatoms. The molecule has 162 valence electrons. The molecular formula is C25H28BrN3O2. The van der Waals surface area contributed by atoms with Crippen LogP contribution >= 0.6 is 15.9 Å². The first-order valence-electron chi connectivity index (χ1n) is 10.7. The van der Waals surface area contributed by atoms with E-state index in [0.717, 1.165) is 33.5 Å². The highest BCUT2D eigenvalue weighted by Crippen LogP contribution is 2.36. The van der Waals surface area contributed by atoms with Crippen LogP contribution in [0.3, 0.4) is 0 Å². The van der Waals surface area contributed by atoms with E-state index in [-0.39, 0.29) is 5.91 Å². The van der Waals surface area contributed by atoms with Crippen LogP contribution in [0.1, 0.15) is 40.9 Å². The molecule has 0 radical (unpaired) electrons. The zero-order chi connectivity index (χ0) is 21.8. The molecule has 1 saturated heterocycles. The zero-order valence-electron chi connectivity index (χ0n) is 18.0. The summed E-state index contributed by atoms with van der Waals surface area (Å²) in [6.07, 6.45) is 1.37. The normalized spacial score (nSPS) is 15.6. The van der Waals surface area contributed by atoms with Gasteiger partial charge in [-0.2, -0.15) is 5.10 Å². The third-order valence-corrected chi connectivity index (χ3v) is 6.84. The van der Waals surface area contributed by atoms with E-state index in [2.05, 4.69) is 40.3 Å². The van der Waals surface area contributed by atoms with E-state index in [1.165, 1.54) is 5.56 Å². The van der Waals surface area contributed by atoms with E-state index in [1.54, 1.807) is 0 Å². The van der Waals surface area contributed by atoms with E-state index in [1.807, 2.05) is 54.1 Å². The lowest BCUT2D eigenvalue weighted by molar-refractivity contribution is -0.130. The fourth-order valence-corrected chi connectivity index (χ4v) is 4.64. The largest absolute Gasteiger partial charge is 0.381 e. The summed E-state index contributed by atoms with van der Waals surface area (Å²) < 4.78 is 8.61. The standard InChI is InChI=1S/C25H28BrN3O2/c1-18-23(19(2)29(28-18)17-20-6-4-3-5-7-20)16-27-24(30)25(12-14-31-15-13-25)21-8-10-22(26)11-9-21/h3-11H,12-17H2,1-2H3,(H,27,30). The Morgan fingerprint density at radius 3 is 2.45 bits per heavy atom. The Morgan fingerprint density at radius 2 is 1.77 bits per heavy atom. The summed E-state index contributed by atoms with van der Waals surface area (Å²) in [7, 11) is 0. The number of nitrogens with one attached hydrogen (secondary N) is 1. The number of aromatic nitrogens is 2. The lowest BCUT2D eigenvalue weighted by Crippen LogP contribution is -2.47. The topological polar surface area (TPSA) is 56.2 Å². The van der Waals surface area contributed by atoms with Gasteiger partial charge in [-0.25, -0.2) is 0 Å². The average molecular weight is 482 g/mol. The van der Waals surface area contributed by atoms with Gasteiger partial charge in [0.1, 0.15) is 0 Å². The van der Waals surface area contributed by atoms with E-state index in [4.69, 9.17) is 9.84 Å². The van der Waals surface area contributed by atoms with Gasteiger partial charge in [0.05, 0.1) is 17.7 Å². The van der Waals surface area contributed by atoms with Gasteiger partial charge in [-0.3, -0.25) is 9.48 Å². The third kappa shape index (κ3) is 4.60. The minimum atomic E-state index is -0.555. The van der Waals surface area contributed by atoms with Crippen LogP contribution in [0.25, 0.3) is 0 Å². The molecule has 1 aliphatic heterocycles. The molecule has 1 fully saturated rings. The maximum atomic E-state index is 13.5. The van der Waals surface area contributed by atoms with Gasteiger partial charge in [0, 0.05) is 35.5 Å². The van der Waals surface area contributed by atoms with Crippen LogP contribution in [-0.4, -0.2) is 28.9 Å². The van der Waals surface area contributed by atoms with Crippen LogP contribution in [-0.2, 0) is 28.0 Å². The third-order valence-electron chi connectivity index (χ3n) is 6.31. The highest BCUT2D eigenvalue weighted by Gasteiger charge is 2.41. The molecule has 0 spiro atoms. The average Bonchev–Trinajstić information content (AvgIpc) is 3.06. The number of nitrogens with zero attached hydrogens (tertiary/aromatic N) is 2. The number of ether oxygens (including phenoxy) is 1. The van der Waals surface area contributed by atoms with Crippen LogP contribution in [0.2, 0.25) is 0 Å². The summed E-state index contributed by atoms with van der Waals surface area (Å²) in [6.45, 7) is 6.47. The molecule has 1 amide bonds. The van der Waals surface area contributed by atoms with Crippen molar-refractivity contribution in [2.45, 2.75) is 45.2 Å². The number of amides is 1. The van der Waals surface area contributed by atoms with E-state index in [9.17, 15) is 4.79 Å². The van der Waals surface area contributed by atoms with Crippen molar-refractivity contribution in [2.75, 3.05) is 13.2 Å². The van der Waals surface area contributed by atoms with E-state index < -0.39 is 5.41 Å². The Hall–Kier alpha value is -2.44. The number of hydrogen-bond acceptors (Lipinski definition) is 3. The second-order valence-corrected chi connectivity index (χ2v) is 9.09. The molecular weight excluding hydrogens is 454 g/mol. The molecule has 0 unspecified atom stereocenters. The lowest BCUT2D eigenvalue weighted by atomic mass is 9.73. The highest BCUT2D eigenvalue weighted by atomic mass is 79.9. The van der Waals surface area contributed by atoms with Crippen molar-refractivity contribution in [1.82, 2.24) is 15.1 Å². The molecule has 2 heterocycles. The SMILES string of the molecule is Cc1nn(Cc2ccccc2)c(C)c1CNC(=O)C1(c2ccc(Br)cc2)CCOCC1. The molecule has 1 aromatic heterocycles. The zero-order valence-corrected chi connectivity index (χ0v) is 19.6. The Morgan fingerprint density at radius 1 is 1.10 bits per heavy atom. The van der Waals surface area contributed by atoms with Crippen LogP contribution < -0.4 is 5.32 Å². The Kier molecular flexibility index (Phi) is 6.58. The van der Waals surface area contributed by atoms with Crippen LogP contribution in [0, 0.1) is 13.8 Å². The summed E-state index contributed by atoms with van der Waals surface area (Å²) in [6, 6.07) is 18.4. The molecule has 0 saturated carbocycles. The molecule has 3 aromatic rings. The summed E-state index contributed by atoms with van der Waals surface area (Å²) in [4.78, 5) is 13.5. The second-order valence-electron chi connectivity index (χ2n) is 8.18. The van der Waals surface area contributed by atoms with Crippen LogP contribution in [0.4, 0.5) is 0 Å². The van der Waals surface area contributed by atoms with Gasteiger partial charge < -0.3 is 10.1 Å². The minimum absolute atomic E-state index is 0.0627. The summed E-state index contributed by atoms with van der Waals surface area (Å²) in [5, 5.41) is 7.94.